The van der Waals surface area contributed by atoms with Gasteiger partial charge in [0.15, 0.2) is 0 Å². The van der Waals surface area contributed by atoms with Crippen molar-refractivity contribution in [2.24, 2.45) is 0 Å². The second-order valence-electron chi connectivity index (χ2n) is 7.50. The molecule has 0 saturated carbocycles. The Balaban J connectivity index is 0.000000741. The van der Waals surface area contributed by atoms with E-state index in [0.29, 0.717) is 0 Å². The first-order chi connectivity index (χ1) is 17.5. The third kappa shape index (κ3) is 6.42. The van der Waals surface area contributed by atoms with E-state index >= 15 is 0 Å². The molecule has 0 aromatic carbocycles. The Morgan fingerprint density at radius 2 is 0.639 bits per heavy atom. The zero-order valence-corrected chi connectivity index (χ0v) is 24.5. The van der Waals surface area contributed by atoms with Crippen LogP contribution in [0.25, 0.3) is 46.4 Å². The van der Waals surface area contributed by atoms with E-state index in [2.05, 4.69) is 86.2 Å². The fraction of sp³-hybridized carbons (Fsp3) is 0.375. The average molecular weight is 487 g/mol. The van der Waals surface area contributed by atoms with E-state index in [1.807, 2.05) is 55.4 Å². The van der Waals surface area contributed by atoms with Crippen molar-refractivity contribution in [3.8, 4) is 0 Å². The molecular weight excluding hydrogens is 440 g/mol. The van der Waals surface area contributed by atoms with Crippen LogP contribution in [0.5, 0.6) is 0 Å². The molecule has 0 fully saturated rings. The first-order valence-electron chi connectivity index (χ1n) is 13.5. The fourth-order valence-electron chi connectivity index (χ4n) is 3.78. The Labute approximate surface area is 218 Å². The second-order valence-corrected chi connectivity index (χ2v) is 7.50. The smallest absolute Gasteiger partial charge is 0.0688 e. The van der Waals surface area contributed by atoms with Crippen LogP contribution in [0.2, 0.25) is 0 Å². The van der Waals surface area contributed by atoms with E-state index in [1.165, 1.54) is 5.56 Å². The minimum atomic E-state index is 0.973. The summed E-state index contributed by atoms with van der Waals surface area (Å²) < 4.78 is 0. The van der Waals surface area contributed by atoms with E-state index in [1.54, 1.807) is 0 Å². The molecule has 0 saturated heterocycles. The zero-order chi connectivity index (χ0) is 27.4. The Morgan fingerprint density at radius 1 is 0.389 bits per heavy atom. The monoisotopic (exact) mass is 486 g/mol. The van der Waals surface area contributed by atoms with Crippen LogP contribution in [-0.2, 0) is 0 Å². The number of H-pyrrole nitrogens is 2. The molecule has 0 amide bonds. The van der Waals surface area contributed by atoms with Crippen LogP contribution in [0.3, 0.4) is 0 Å². The second kappa shape index (κ2) is 14.9. The number of fused-ring (bicyclic) bond motifs is 8. The number of rotatable bonds is 0. The van der Waals surface area contributed by atoms with Gasteiger partial charge in [0.25, 0.3) is 0 Å². The Hall–Kier alpha value is -3.40. The normalized spacial score (nSPS) is 10.6. The quantitative estimate of drug-likeness (QED) is 0.229. The van der Waals surface area contributed by atoms with Crippen LogP contribution >= 0.6 is 0 Å². The third-order valence-electron chi connectivity index (χ3n) is 5.80. The van der Waals surface area contributed by atoms with Gasteiger partial charge in [-0.3, -0.25) is 0 Å². The lowest BCUT2D eigenvalue weighted by Gasteiger charge is -1.97. The maximum absolute atomic E-state index is 4.86. The predicted molar refractivity (Wildman–Crippen MR) is 163 cm³/mol. The van der Waals surface area contributed by atoms with Gasteiger partial charge in [-0.1, -0.05) is 55.4 Å². The largest absolute Gasteiger partial charge is 0.355 e. The number of nitrogens with zero attached hydrogens (tertiary/aromatic N) is 2. The summed E-state index contributed by atoms with van der Waals surface area (Å²) in [6.45, 7) is 24.4. The molecule has 3 aromatic heterocycles. The molecule has 0 unspecified atom stereocenters. The van der Waals surface area contributed by atoms with E-state index in [9.17, 15) is 0 Å². The zero-order valence-electron chi connectivity index (χ0n) is 24.5. The highest BCUT2D eigenvalue weighted by atomic mass is 14.8. The minimum Gasteiger partial charge on any atom is -0.355 e. The van der Waals surface area contributed by atoms with Crippen LogP contribution in [0, 0.1) is 27.7 Å². The SMILES string of the molecule is CC.CC.CC.CC.Cc1c2nc(c(C)c3ccc([nH]3)c(C)c3ccc([nH]3)c(C)c3nc1C=C3)C=C2. The molecule has 36 heavy (non-hydrogen) atoms. The highest BCUT2D eigenvalue weighted by molar-refractivity contribution is 5.82. The van der Waals surface area contributed by atoms with E-state index < -0.39 is 0 Å². The predicted octanol–water partition coefficient (Wildman–Crippen LogP) is 9.99. The van der Waals surface area contributed by atoms with Gasteiger partial charge in [-0.15, -0.1) is 0 Å². The van der Waals surface area contributed by atoms with Crippen molar-refractivity contribution in [2.75, 3.05) is 0 Å². The van der Waals surface area contributed by atoms with E-state index in [-0.39, 0.29) is 0 Å². The molecular formula is C32H46N4. The maximum atomic E-state index is 4.86. The van der Waals surface area contributed by atoms with Gasteiger partial charge < -0.3 is 9.97 Å². The van der Waals surface area contributed by atoms with Crippen molar-refractivity contribution in [1.82, 2.24) is 19.9 Å². The summed E-state index contributed by atoms with van der Waals surface area (Å²) in [6, 6.07) is 8.52. The highest BCUT2D eigenvalue weighted by Gasteiger charge is 2.11. The Bertz CT molecular complexity index is 1250. The first kappa shape index (κ1) is 30.6. The topological polar surface area (TPSA) is 57.4 Å². The molecule has 4 heteroatoms. The number of aromatic amines is 2. The van der Waals surface area contributed by atoms with Crippen LogP contribution in [0.1, 0.15) is 100 Å². The number of hydrogen-bond acceptors (Lipinski definition) is 2. The first-order valence-corrected chi connectivity index (χ1v) is 13.5. The van der Waals surface area contributed by atoms with E-state index in [0.717, 1.165) is 61.5 Å². The van der Waals surface area contributed by atoms with Gasteiger partial charge in [-0.2, -0.15) is 0 Å². The van der Waals surface area contributed by atoms with Crippen molar-refractivity contribution in [2.45, 2.75) is 83.1 Å². The summed E-state index contributed by atoms with van der Waals surface area (Å²) in [7, 11) is 0. The molecule has 0 radical (unpaired) electrons. The minimum absolute atomic E-state index is 0.973. The third-order valence-corrected chi connectivity index (χ3v) is 5.80. The van der Waals surface area contributed by atoms with Crippen molar-refractivity contribution in [3.63, 3.8) is 0 Å². The van der Waals surface area contributed by atoms with Gasteiger partial charge in [0.1, 0.15) is 0 Å². The Morgan fingerprint density at radius 3 is 0.944 bits per heavy atom. The molecule has 0 aliphatic carbocycles. The fourth-order valence-corrected chi connectivity index (χ4v) is 3.78. The van der Waals surface area contributed by atoms with Gasteiger partial charge in [-0.25, -0.2) is 9.97 Å². The molecule has 2 aliphatic heterocycles. The van der Waals surface area contributed by atoms with Gasteiger partial charge in [0.2, 0.25) is 0 Å². The van der Waals surface area contributed by atoms with Crippen LogP contribution in [0.4, 0.5) is 0 Å². The molecule has 4 nitrogen and oxygen atoms in total. The van der Waals surface area contributed by atoms with Crippen molar-refractivity contribution in [3.05, 3.63) is 69.3 Å². The summed E-state index contributed by atoms with van der Waals surface area (Å²) in [5.41, 5.74) is 12.9. The summed E-state index contributed by atoms with van der Waals surface area (Å²) in [5.74, 6) is 0. The van der Waals surface area contributed by atoms with Crippen molar-refractivity contribution < 1.29 is 0 Å². The summed E-state index contributed by atoms with van der Waals surface area (Å²) in [6.07, 6.45) is 8.33. The van der Waals surface area contributed by atoms with Crippen molar-refractivity contribution >= 4 is 46.4 Å². The van der Waals surface area contributed by atoms with Gasteiger partial charge in [0, 0.05) is 27.6 Å². The van der Waals surface area contributed by atoms with Crippen molar-refractivity contribution in [1.29, 1.82) is 0 Å². The lowest BCUT2D eigenvalue weighted by molar-refractivity contribution is 1.19. The molecule has 194 valence electrons. The lowest BCUT2D eigenvalue weighted by Crippen LogP contribution is -1.88. The lowest BCUT2D eigenvalue weighted by atomic mass is 10.2. The summed E-state index contributed by atoms with van der Waals surface area (Å²) in [4.78, 5) is 16.8. The molecule has 2 N–H and O–H groups in total. The molecule has 5 heterocycles. The summed E-state index contributed by atoms with van der Waals surface area (Å²) in [5, 5.41) is 0. The van der Waals surface area contributed by atoms with Gasteiger partial charge in [0.05, 0.1) is 22.8 Å². The van der Waals surface area contributed by atoms with Crippen LogP contribution < -0.4 is 0 Å². The van der Waals surface area contributed by atoms with Crippen LogP contribution in [0.15, 0.2) is 24.3 Å². The number of nitrogens with one attached hydrogen (secondary N) is 2. The number of hydrogen-bond donors (Lipinski definition) is 2. The maximum Gasteiger partial charge on any atom is 0.0688 e. The Kier molecular flexibility index (Phi) is 12.7. The molecule has 2 aliphatic rings. The molecule has 0 atom stereocenters. The van der Waals surface area contributed by atoms with Crippen LogP contribution in [-0.4, -0.2) is 19.9 Å². The standard InChI is InChI=1S/C24H22N4.4C2H6/c1-13-17-5-7-19(25-17)14(2)21-9-11-23(27-21)16(4)24-12-10-22(28-24)15(3)20-8-6-18(13)26-20;4*1-2/h5-12,25-26H,1-4H3;4*1-2H3. The molecule has 3 aromatic rings. The number of aromatic nitrogens is 4. The highest BCUT2D eigenvalue weighted by Crippen LogP contribution is 2.25. The average Bonchev–Trinajstić information content (AvgIpc) is 3.77. The summed E-state index contributed by atoms with van der Waals surface area (Å²) >= 11 is 0. The van der Waals surface area contributed by atoms with Gasteiger partial charge in [-0.05, 0) is 93.0 Å². The molecule has 8 bridgehead atoms. The van der Waals surface area contributed by atoms with E-state index in [4.69, 9.17) is 9.97 Å². The molecule has 5 rings (SSSR count). The van der Waals surface area contributed by atoms with Gasteiger partial charge >= 0.3 is 0 Å². The molecule has 0 spiro atoms. The number of aryl methyl sites for hydroxylation is 3.